The van der Waals surface area contributed by atoms with Crippen LogP contribution in [0.15, 0.2) is 54.6 Å². The minimum absolute atomic E-state index is 0.0209. The van der Waals surface area contributed by atoms with E-state index >= 15 is 0 Å². The summed E-state index contributed by atoms with van der Waals surface area (Å²) in [6.45, 7) is 3.37. The summed E-state index contributed by atoms with van der Waals surface area (Å²) in [5, 5.41) is 11.5. The van der Waals surface area contributed by atoms with Crippen LogP contribution in [0.25, 0.3) is 0 Å². The SMILES string of the molecule is O=C(COc1ccccc1)NCCc1nnc2n1CCN(Cc1ccccc1F)CC2. The lowest BCUT2D eigenvalue weighted by atomic mass is 10.2. The predicted octanol–water partition coefficient (Wildman–Crippen LogP) is 2.21. The molecule has 0 radical (unpaired) electrons. The topological polar surface area (TPSA) is 72.3 Å². The third-order valence-electron chi connectivity index (χ3n) is 5.33. The Morgan fingerprint density at radius 2 is 1.84 bits per heavy atom. The van der Waals surface area contributed by atoms with Crippen LogP contribution in [0.2, 0.25) is 0 Å². The number of fused-ring (bicyclic) bond motifs is 1. The number of amides is 1. The molecule has 0 unspecified atom stereocenters. The van der Waals surface area contributed by atoms with Gasteiger partial charge in [0.05, 0.1) is 0 Å². The second-order valence-electron chi connectivity index (χ2n) is 7.50. The highest BCUT2D eigenvalue weighted by atomic mass is 19.1. The molecule has 2 heterocycles. The summed E-state index contributed by atoms with van der Waals surface area (Å²) in [4.78, 5) is 14.3. The first-order chi connectivity index (χ1) is 15.2. The molecule has 0 spiro atoms. The molecule has 3 aromatic rings. The van der Waals surface area contributed by atoms with Crippen LogP contribution in [-0.4, -0.2) is 51.8 Å². The van der Waals surface area contributed by atoms with E-state index in [2.05, 4.69) is 25.0 Å². The van der Waals surface area contributed by atoms with Crippen molar-refractivity contribution in [2.45, 2.75) is 25.9 Å². The van der Waals surface area contributed by atoms with Crippen LogP contribution in [0.3, 0.4) is 0 Å². The number of carbonyl (C=O) groups excluding carboxylic acids is 1. The number of ether oxygens (including phenoxy) is 1. The monoisotopic (exact) mass is 423 g/mol. The molecule has 31 heavy (non-hydrogen) atoms. The summed E-state index contributed by atoms with van der Waals surface area (Å²) in [6.07, 6.45) is 1.36. The summed E-state index contributed by atoms with van der Waals surface area (Å²) in [5.74, 6) is 2.12. The minimum atomic E-state index is -0.171. The van der Waals surface area contributed by atoms with Crippen LogP contribution in [-0.2, 0) is 30.7 Å². The Morgan fingerprint density at radius 1 is 1.03 bits per heavy atom. The van der Waals surface area contributed by atoms with Crippen molar-refractivity contribution in [2.75, 3.05) is 26.2 Å². The number of carbonyl (C=O) groups is 1. The average molecular weight is 423 g/mol. The molecule has 8 heteroatoms. The average Bonchev–Trinajstić information content (AvgIpc) is 3.06. The first-order valence-corrected chi connectivity index (χ1v) is 10.5. The molecule has 4 rings (SSSR count). The molecule has 0 bridgehead atoms. The molecule has 1 aromatic heterocycles. The van der Waals surface area contributed by atoms with Crippen LogP contribution in [0, 0.1) is 5.82 Å². The van der Waals surface area contributed by atoms with E-state index in [-0.39, 0.29) is 18.3 Å². The molecule has 1 amide bonds. The van der Waals surface area contributed by atoms with Gasteiger partial charge in [0, 0.05) is 51.1 Å². The van der Waals surface area contributed by atoms with E-state index in [1.54, 1.807) is 6.07 Å². The Balaban J connectivity index is 1.25. The maximum Gasteiger partial charge on any atom is 0.257 e. The fraction of sp³-hybridized carbons (Fsp3) is 0.348. The maximum absolute atomic E-state index is 14.0. The minimum Gasteiger partial charge on any atom is -0.484 e. The molecule has 162 valence electrons. The molecular formula is C23H26FN5O2. The van der Waals surface area contributed by atoms with Crippen molar-refractivity contribution in [3.8, 4) is 5.75 Å². The van der Waals surface area contributed by atoms with Crippen LogP contribution in [0.4, 0.5) is 4.39 Å². The Bertz CT molecular complexity index is 1010. The molecule has 7 nitrogen and oxygen atoms in total. The number of aromatic nitrogens is 3. The maximum atomic E-state index is 14.0. The summed E-state index contributed by atoms with van der Waals surface area (Å²) < 4.78 is 21.5. The second-order valence-corrected chi connectivity index (χ2v) is 7.50. The van der Waals surface area contributed by atoms with Gasteiger partial charge in [-0.25, -0.2) is 4.39 Å². The van der Waals surface area contributed by atoms with Crippen molar-refractivity contribution in [1.29, 1.82) is 0 Å². The van der Waals surface area contributed by atoms with E-state index in [0.717, 1.165) is 37.7 Å². The Kier molecular flexibility index (Phi) is 6.89. The number of rotatable bonds is 8. The first kappa shape index (κ1) is 21.0. The zero-order chi connectivity index (χ0) is 21.5. The molecular weight excluding hydrogens is 397 g/mol. The number of halogens is 1. The number of nitrogens with one attached hydrogen (secondary N) is 1. The van der Waals surface area contributed by atoms with Crippen LogP contribution < -0.4 is 10.1 Å². The van der Waals surface area contributed by atoms with Gasteiger partial charge in [0.2, 0.25) is 0 Å². The van der Waals surface area contributed by atoms with Crippen LogP contribution in [0.5, 0.6) is 5.75 Å². The normalized spacial score (nSPS) is 14.0. The number of benzene rings is 2. The molecule has 1 N–H and O–H groups in total. The summed E-state index contributed by atoms with van der Waals surface area (Å²) in [7, 11) is 0. The Hall–Kier alpha value is -3.26. The second kappa shape index (κ2) is 10.2. The zero-order valence-corrected chi connectivity index (χ0v) is 17.3. The number of hydrogen-bond acceptors (Lipinski definition) is 5. The van der Waals surface area contributed by atoms with Gasteiger partial charge < -0.3 is 14.6 Å². The lowest BCUT2D eigenvalue weighted by Gasteiger charge is -2.20. The number of hydrogen-bond donors (Lipinski definition) is 1. The number of nitrogens with zero attached hydrogens (tertiary/aromatic N) is 4. The van der Waals surface area contributed by atoms with Crippen molar-refractivity contribution in [3.63, 3.8) is 0 Å². The van der Waals surface area contributed by atoms with E-state index in [1.807, 2.05) is 42.5 Å². The molecule has 0 saturated carbocycles. The lowest BCUT2D eigenvalue weighted by Crippen LogP contribution is -2.31. The van der Waals surface area contributed by atoms with Gasteiger partial charge in [-0.1, -0.05) is 36.4 Å². The quantitative estimate of drug-likeness (QED) is 0.602. The van der Waals surface area contributed by atoms with E-state index < -0.39 is 0 Å². The van der Waals surface area contributed by atoms with Crippen molar-refractivity contribution >= 4 is 5.91 Å². The van der Waals surface area contributed by atoms with Gasteiger partial charge in [-0.15, -0.1) is 10.2 Å². The van der Waals surface area contributed by atoms with Crippen LogP contribution >= 0.6 is 0 Å². The van der Waals surface area contributed by atoms with E-state index in [0.29, 0.717) is 30.8 Å². The summed E-state index contributed by atoms with van der Waals surface area (Å²) in [6, 6.07) is 16.2. The first-order valence-electron chi connectivity index (χ1n) is 10.5. The Morgan fingerprint density at radius 3 is 2.68 bits per heavy atom. The van der Waals surface area contributed by atoms with Gasteiger partial charge in [0.1, 0.15) is 23.2 Å². The molecule has 1 aliphatic rings. The molecule has 0 saturated heterocycles. The smallest absolute Gasteiger partial charge is 0.257 e. The van der Waals surface area contributed by atoms with Crippen molar-refractivity contribution in [3.05, 3.63) is 77.6 Å². The molecule has 2 aromatic carbocycles. The highest BCUT2D eigenvalue weighted by Crippen LogP contribution is 2.14. The standard InChI is InChI=1S/C23H26FN5O2/c24-20-9-5-4-6-18(20)16-28-13-11-22-27-26-21(29(22)15-14-28)10-12-25-23(30)17-31-19-7-2-1-3-8-19/h1-9H,10-17H2,(H,25,30). The van der Waals surface area contributed by atoms with Gasteiger partial charge in [0.25, 0.3) is 5.91 Å². The molecule has 0 fully saturated rings. The van der Waals surface area contributed by atoms with Gasteiger partial charge >= 0.3 is 0 Å². The summed E-state index contributed by atoms with van der Waals surface area (Å²) >= 11 is 0. The highest BCUT2D eigenvalue weighted by molar-refractivity contribution is 5.77. The van der Waals surface area contributed by atoms with E-state index in [1.165, 1.54) is 6.07 Å². The van der Waals surface area contributed by atoms with Gasteiger partial charge in [-0.05, 0) is 18.2 Å². The lowest BCUT2D eigenvalue weighted by molar-refractivity contribution is -0.123. The third kappa shape index (κ3) is 5.67. The Labute approximate surface area is 180 Å². The van der Waals surface area contributed by atoms with Gasteiger partial charge in [-0.2, -0.15) is 0 Å². The fourth-order valence-electron chi connectivity index (χ4n) is 3.67. The summed E-state index contributed by atoms with van der Waals surface area (Å²) in [5.41, 5.74) is 0.709. The van der Waals surface area contributed by atoms with E-state index in [9.17, 15) is 9.18 Å². The molecule has 0 aliphatic carbocycles. The van der Waals surface area contributed by atoms with E-state index in [4.69, 9.17) is 4.74 Å². The van der Waals surface area contributed by atoms with Crippen LogP contribution in [0.1, 0.15) is 17.2 Å². The molecule has 1 aliphatic heterocycles. The van der Waals surface area contributed by atoms with Gasteiger partial charge in [0.15, 0.2) is 6.61 Å². The fourth-order valence-corrected chi connectivity index (χ4v) is 3.67. The van der Waals surface area contributed by atoms with Gasteiger partial charge in [-0.3, -0.25) is 9.69 Å². The number of para-hydroxylation sites is 1. The van der Waals surface area contributed by atoms with Crippen molar-refractivity contribution < 1.29 is 13.9 Å². The largest absolute Gasteiger partial charge is 0.484 e. The zero-order valence-electron chi connectivity index (χ0n) is 17.3. The van der Waals surface area contributed by atoms with Crippen molar-refractivity contribution in [2.24, 2.45) is 0 Å². The van der Waals surface area contributed by atoms with Crippen molar-refractivity contribution in [1.82, 2.24) is 25.0 Å². The molecule has 0 atom stereocenters. The predicted molar refractivity (Wildman–Crippen MR) is 114 cm³/mol. The third-order valence-corrected chi connectivity index (χ3v) is 5.33. The highest BCUT2D eigenvalue weighted by Gasteiger charge is 2.19.